The van der Waals surface area contributed by atoms with Crippen molar-refractivity contribution >= 4 is 17.5 Å². The fourth-order valence-electron chi connectivity index (χ4n) is 2.83. The molecule has 0 N–H and O–H groups in total. The van der Waals surface area contributed by atoms with E-state index in [4.69, 9.17) is 9.47 Å². The molecule has 0 saturated heterocycles. The number of Topliss-reactive ketones (excluding diaryl/α,β-unsaturated/α-hetero) is 1. The first-order valence-electron chi connectivity index (χ1n) is 6.85. The molecule has 3 aliphatic rings. The zero-order chi connectivity index (χ0) is 16.1. The maximum absolute atomic E-state index is 12.4. The van der Waals surface area contributed by atoms with Gasteiger partial charge in [-0.3, -0.25) is 9.59 Å². The van der Waals surface area contributed by atoms with Crippen LogP contribution in [-0.2, 0) is 23.9 Å². The minimum absolute atomic E-state index is 0.0841. The number of hydrogen-bond acceptors (Lipinski definition) is 5. The number of ether oxygens (including phenoxy) is 2. The van der Waals surface area contributed by atoms with Gasteiger partial charge in [0.15, 0.2) is 11.4 Å². The highest BCUT2D eigenvalue weighted by Crippen LogP contribution is 2.46. The molecule has 2 heterocycles. The minimum Gasteiger partial charge on any atom is -0.464 e. The van der Waals surface area contributed by atoms with Gasteiger partial charge in [0.1, 0.15) is 11.3 Å². The van der Waals surface area contributed by atoms with Gasteiger partial charge in [-0.1, -0.05) is 6.08 Å². The van der Waals surface area contributed by atoms with Gasteiger partial charge in [0.05, 0.1) is 6.26 Å². The molecule has 0 spiro atoms. The fourth-order valence-corrected chi connectivity index (χ4v) is 2.83. The van der Waals surface area contributed by atoms with E-state index in [2.05, 4.69) is 0 Å². The van der Waals surface area contributed by atoms with Crippen LogP contribution in [-0.4, -0.2) is 23.1 Å². The lowest BCUT2D eigenvalue weighted by Crippen LogP contribution is -2.40. The molecule has 1 aliphatic carbocycles. The molecule has 0 aromatic rings. The Hall–Kier alpha value is -2.69. The van der Waals surface area contributed by atoms with Crippen LogP contribution >= 0.6 is 0 Å². The van der Waals surface area contributed by atoms with Crippen molar-refractivity contribution in [1.29, 1.82) is 0 Å². The van der Waals surface area contributed by atoms with E-state index in [0.717, 1.165) is 0 Å². The molecule has 0 radical (unpaired) electrons. The minimum atomic E-state index is -1.46. The number of allylic oxidation sites excluding steroid dienone is 4. The lowest BCUT2D eigenvalue weighted by atomic mass is 9.76. The summed E-state index contributed by atoms with van der Waals surface area (Å²) < 4.78 is 10.7. The molecule has 0 aromatic carbocycles. The van der Waals surface area contributed by atoms with Crippen LogP contribution in [0.2, 0.25) is 0 Å². The van der Waals surface area contributed by atoms with E-state index in [1.54, 1.807) is 12.2 Å². The van der Waals surface area contributed by atoms with Gasteiger partial charge >= 0.3 is 5.97 Å². The van der Waals surface area contributed by atoms with E-state index >= 15 is 0 Å². The topological polar surface area (TPSA) is 69.7 Å². The molecule has 5 nitrogen and oxygen atoms in total. The van der Waals surface area contributed by atoms with E-state index in [1.165, 1.54) is 26.2 Å². The predicted octanol–water partition coefficient (Wildman–Crippen LogP) is 2.07. The number of ketones is 2. The fraction of sp³-hybridized carbons (Fsp3) is 0.235. The van der Waals surface area contributed by atoms with Crippen LogP contribution in [0.15, 0.2) is 58.6 Å². The summed E-state index contributed by atoms with van der Waals surface area (Å²) in [6.45, 7) is 4.63. The third kappa shape index (κ3) is 1.82. The highest BCUT2D eigenvalue weighted by Gasteiger charge is 2.54. The monoisotopic (exact) mass is 298 g/mol. The van der Waals surface area contributed by atoms with Crippen molar-refractivity contribution in [3.8, 4) is 0 Å². The number of hydrogen-bond donors (Lipinski definition) is 0. The Bertz CT molecular complexity index is 773. The van der Waals surface area contributed by atoms with Crippen LogP contribution in [0.25, 0.3) is 0 Å². The van der Waals surface area contributed by atoms with E-state index in [0.29, 0.717) is 22.5 Å². The van der Waals surface area contributed by atoms with Crippen LogP contribution in [0.3, 0.4) is 0 Å². The Labute approximate surface area is 127 Å². The molecule has 3 rings (SSSR count). The van der Waals surface area contributed by atoms with Gasteiger partial charge in [-0.2, -0.15) is 0 Å². The number of fused-ring (bicyclic) bond motifs is 3. The summed E-state index contributed by atoms with van der Waals surface area (Å²) in [6, 6.07) is 0. The molecular formula is C17H14O5. The van der Waals surface area contributed by atoms with E-state index in [1.807, 2.05) is 13.0 Å². The molecular weight excluding hydrogens is 284 g/mol. The van der Waals surface area contributed by atoms with Crippen LogP contribution in [0, 0.1) is 0 Å². The first-order chi connectivity index (χ1) is 10.4. The van der Waals surface area contributed by atoms with Gasteiger partial charge in [-0.15, -0.1) is 0 Å². The number of carbonyl (C=O) groups is 3. The summed E-state index contributed by atoms with van der Waals surface area (Å²) in [5.74, 6) is -0.986. The summed E-state index contributed by atoms with van der Waals surface area (Å²) >= 11 is 0. The molecule has 0 saturated carbocycles. The van der Waals surface area contributed by atoms with Gasteiger partial charge in [0.25, 0.3) is 0 Å². The van der Waals surface area contributed by atoms with Crippen molar-refractivity contribution in [2.45, 2.75) is 26.4 Å². The second-order valence-electron chi connectivity index (χ2n) is 5.39. The Kier molecular flexibility index (Phi) is 3.02. The third-order valence-electron chi connectivity index (χ3n) is 3.86. The highest BCUT2D eigenvalue weighted by molar-refractivity contribution is 6.23. The quantitative estimate of drug-likeness (QED) is 0.576. The van der Waals surface area contributed by atoms with Gasteiger partial charge in [0.2, 0.25) is 5.78 Å². The van der Waals surface area contributed by atoms with Crippen LogP contribution in [0.1, 0.15) is 20.8 Å². The average molecular weight is 298 g/mol. The van der Waals surface area contributed by atoms with E-state index < -0.39 is 17.4 Å². The first-order valence-corrected chi connectivity index (χ1v) is 6.85. The van der Waals surface area contributed by atoms with Crippen molar-refractivity contribution in [1.82, 2.24) is 0 Å². The van der Waals surface area contributed by atoms with Crippen molar-refractivity contribution in [2.75, 3.05) is 0 Å². The van der Waals surface area contributed by atoms with Crippen molar-refractivity contribution in [3.05, 3.63) is 58.6 Å². The maximum Gasteiger partial charge on any atom is 0.343 e. The molecule has 22 heavy (non-hydrogen) atoms. The Balaban J connectivity index is 2.24. The highest BCUT2D eigenvalue weighted by atomic mass is 16.6. The third-order valence-corrected chi connectivity index (χ3v) is 3.86. The SMILES string of the molecule is C/C=C/C1=CC2=CC(=O)C3(C)OC(=O)C(C(C)=O)=C3C2=CO1. The van der Waals surface area contributed by atoms with Gasteiger partial charge < -0.3 is 9.47 Å². The van der Waals surface area contributed by atoms with Gasteiger partial charge in [-0.25, -0.2) is 4.79 Å². The molecule has 0 fully saturated rings. The smallest absolute Gasteiger partial charge is 0.343 e. The molecule has 112 valence electrons. The van der Waals surface area contributed by atoms with Crippen LogP contribution in [0.5, 0.6) is 0 Å². The van der Waals surface area contributed by atoms with Crippen LogP contribution < -0.4 is 0 Å². The Morgan fingerprint density at radius 2 is 2.00 bits per heavy atom. The standard InChI is InChI=1S/C17H14O5/c1-4-5-11-6-10-7-13(19)17(3)15(12(10)8-21-11)14(9(2)18)16(20)22-17/h4-8H,1-3H3/b5-4+. The van der Waals surface area contributed by atoms with E-state index in [9.17, 15) is 14.4 Å². The number of rotatable bonds is 2. The van der Waals surface area contributed by atoms with E-state index in [-0.39, 0.29) is 11.4 Å². The van der Waals surface area contributed by atoms with Crippen molar-refractivity contribution in [2.24, 2.45) is 0 Å². The first kappa shape index (κ1) is 14.3. The summed E-state index contributed by atoms with van der Waals surface area (Å²) in [6.07, 6.45) is 8.12. The lowest BCUT2D eigenvalue weighted by molar-refractivity contribution is -0.152. The van der Waals surface area contributed by atoms with Gasteiger partial charge in [-0.05, 0) is 44.6 Å². The molecule has 0 bridgehead atoms. The number of carbonyl (C=O) groups excluding carboxylic acids is 3. The van der Waals surface area contributed by atoms with Gasteiger partial charge in [0, 0.05) is 11.1 Å². The summed E-state index contributed by atoms with van der Waals surface area (Å²) in [5, 5.41) is 0. The Morgan fingerprint density at radius 1 is 1.27 bits per heavy atom. The molecule has 0 amide bonds. The second kappa shape index (κ2) is 4.66. The van der Waals surface area contributed by atoms with Crippen molar-refractivity contribution in [3.63, 3.8) is 0 Å². The number of esters is 1. The second-order valence-corrected chi connectivity index (χ2v) is 5.39. The Morgan fingerprint density at radius 3 is 2.64 bits per heavy atom. The average Bonchev–Trinajstić information content (AvgIpc) is 2.72. The largest absolute Gasteiger partial charge is 0.464 e. The molecule has 1 atom stereocenters. The maximum atomic E-state index is 12.4. The zero-order valence-electron chi connectivity index (χ0n) is 12.4. The zero-order valence-corrected chi connectivity index (χ0v) is 12.4. The summed E-state index contributed by atoms with van der Waals surface area (Å²) in [4.78, 5) is 36.2. The lowest BCUT2D eigenvalue weighted by Gasteiger charge is -2.31. The predicted molar refractivity (Wildman–Crippen MR) is 77.4 cm³/mol. The molecule has 5 heteroatoms. The molecule has 2 aliphatic heterocycles. The summed E-state index contributed by atoms with van der Waals surface area (Å²) in [5.41, 5.74) is -0.106. The normalized spacial score (nSPS) is 26.8. The molecule has 0 aromatic heterocycles. The summed E-state index contributed by atoms with van der Waals surface area (Å²) in [7, 11) is 0. The van der Waals surface area contributed by atoms with Crippen molar-refractivity contribution < 1.29 is 23.9 Å². The van der Waals surface area contributed by atoms with Crippen LogP contribution in [0.4, 0.5) is 0 Å². The molecule has 1 unspecified atom stereocenters.